The second kappa shape index (κ2) is 5.72. The molecule has 0 aromatic heterocycles. The van der Waals surface area contributed by atoms with E-state index in [4.69, 9.17) is 16.4 Å². The quantitative estimate of drug-likeness (QED) is 0.828. The number of anilines is 1. The molecule has 0 saturated heterocycles. The number of urea groups is 1. The Morgan fingerprint density at radius 3 is 2.81 bits per heavy atom. The monoisotopic (exact) mass is 242 g/mol. The zero-order valence-electron chi connectivity index (χ0n) is 9.58. The van der Waals surface area contributed by atoms with Crippen LogP contribution in [0.25, 0.3) is 0 Å². The van der Waals surface area contributed by atoms with Crippen molar-refractivity contribution in [3.05, 3.63) is 28.8 Å². The molecule has 4 nitrogen and oxygen atoms in total. The molecule has 0 bridgehead atoms. The van der Waals surface area contributed by atoms with E-state index in [1.54, 1.807) is 19.2 Å². The number of aryl methyl sites for hydroxylation is 1. The minimum absolute atomic E-state index is 0.332. The molecule has 0 aliphatic carbocycles. The number of nitrogens with zero attached hydrogens (tertiary/aromatic N) is 1. The zero-order chi connectivity index (χ0) is 12.1. The van der Waals surface area contributed by atoms with E-state index in [0.29, 0.717) is 17.3 Å². The normalized spacial score (nSPS) is 10.0. The van der Waals surface area contributed by atoms with Crippen LogP contribution < -0.4 is 5.32 Å². The van der Waals surface area contributed by atoms with Crippen molar-refractivity contribution >= 4 is 23.3 Å². The van der Waals surface area contributed by atoms with Gasteiger partial charge in [-0.15, -0.1) is 0 Å². The fourth-order valence-electron chi connectivity index (χ4n) is 1.13. The van der Waals surface area contributed by atoms with Crippen molar-refractivity contribution in [2.75, 3.05) is 19.0 Å². The third kappa shape index (κ3) is 3.40. The summed E-state index contributed by atoms with van der Waals surface area (Å²) in [6.45, 7) is 4.16. The van der Waals surface area contributed by atoms with Gasteiger partial charge in [-0.3, -0.25) is 4.84 Å². The Morgan fingerprint density at radius 1 is 1.56 bits per heavy atom. The second-order valence-electron chi connectivity index (χ2n) is 3.31. The molecule has 0 atom stereocenters. The lowest BCUT2D eigenvalue weighted by Crippen LogP contribution is -2.31. The van der Waals surface area contributed by atoms with Crippen LogP contribution in [0, 0.1) is 6.92 Å². The number of amides is 2. The smallest absolute Gasteiger partial charge is 0.306 e. The fourth-order valence-corrected chi connectivity index (χ4v) is 1.31. The van der Waals surface area contributed by atoms with Gasteiger partial charge in [-0.2, -0.15) is 0 Å². The minimum Gasteiger partial charge on any atom is -0.306 e. The van der Waals surface area contributed by atoms with Crippen LogP contribution in [0.15, 0.2) is 18.2 Å². The first-order chi connectivity index (χ1) is 7.54. The van der Waals surface area contributed by atoms with E-state index in [2.05, 4.69) is 5.32 Å². The summed E-state index contributed by atoms with van der Waals surface area (Å²) in [5.74, 6) is 0. The summed E-state index contributed by atoms with van der Waals surface area (Å²) in [6, 6.07) is 5.01. The highest BCUT2D eigenvalue weighted by atomic mass is 35.5. The molecule has 0 spiro atoms. The third-order valence-corrected chi connectivity index (χ3v) is 2.44. The van der Waals surface area contributed by atoms with Gasteiger partial charge >= 0.3 is 6.03 Å². The molecule has 1 aromatic rings. The molecule has 1 aromatic carbocycles. The predicted molar refractivity (Wildman–Crippen MR) is 64.6 cm³/mol. The van der Waals surface area contributed by atoms with Crippen LogP contribution in [0.3, 0.4) is 0 Å². The maximum Gasteiger partial charge on any atom is 0.345 e. The largest absolute Gasteiger partial charge is 0.345 e. The Morgan fingerprint density at radius 2 is 2.25 bits per heavy atom. The molecule has 2 amide bonds. The van der Waals surface area contributed by atoms with E-state index in [1.807, 2.05) is 19.9 Å². The molecule has 1 rings (SSSR count). The standard InChI is InChI=1S/C11H15ClN2O2/c1-4-16-14(3)11(15)13-9-6-5-8(2)10(12)7-9/h5-7H,4H2,1-3H3,(H,13,15). The molecule has 0 aliphatic heterocycles. The maximum atomic E-state index is 11.5. The summed E-state index contributed by atoms with van der Waals surface area (Å²) in [7, 11) is 1.55. The SMILES string of the molecule is CCON(C)C(=O)Nc1ccc(C)c(Cl)c1. The van der Waals surface area contributed by atoms with E-state index in [1.165, 1.54) is 0 Å². The van der Waals surface area contributed by atoms with E-state index in [0.717, 1.165) is 10.6 Å². The summed E-state index contributed by atoms with van der Waals surface area (Å²) < 4.78 is 0. The van der Waals surface area contributed by atoms with E-state index >= 15 is 0 Å². The predicted octanol–water partition coefficient (Wildman–Crippen LogP) is 3.06. The molecular weight excluding hydrogens is 228 g/mol. The highest BCUT2D eigenvalue weighted by Gasteiger charge is 2.08. The molecule has 16 heavy (non-hydrogen) atoms. The topological polar surface area (TPSA) is 41.6 Å². The Labute approximate surface area is 100 Å². The van der Waals surface area contributed by atoms with Crippen LogP contribution >= 0.6 is 11.6 Å². The first-order valence-electron chi connectivity index (χ1n) is 4.98. The van der Waals surface area contributed by atoms with Crippen LogP contribution in [0.4, 0.5) is 10.5 Å². The number of nitrogens with one attached hydrogen (secondary N) is 1. The van der Waals surface area contributed by atoms with Crippen molar-refractivity contribution in [3.8, 4) is 0 Å². The maximum absolute atomic E-state index is 11.5. The number of benzene rings is 1. The van der Waals surface area contributed by atoms with Gasteiger partial charge in [0.15, 0.2) is 0 Å². The Bertz CT molecular complexity index is 382. The number of hydrogen-bond donors (Lipinski definition) is 1. The van der Waals surface area contributed by atoms with Crippen LogP contribution in [0.5, 0.6) is 0 Å². The molecule has 0 unspecified atom stereocenters. The molecule has 0 heterocycles. The number of halogens is 1. The van der Waals surface area contributed by atoms with Gasteiger partial charge in [0.2, 0.25) is 0 Å². The Kier molecular flexibility index (Phi) is 4.58. The molecule has 0 radical (unpaired) electrons. The minimum atomic E-state index is -0.332. The summed E-state index contributed by atoms with van der Waals surface area (Å²) >= 11 is 5.94. The summed E-state index contributed by atoms with van der Waals surface area (Å²) in [6.07, 6.45) is 0. The van der Waals surface area contributed by atoms with E-state index in [-0.39, 0.29) is 6.03 Å². The first kappa shape index (κ1) is 12.8. The van der Waals surface area contributed by atoms with Crippen LogP contribution in [0.2, 0.25) is 5.02 Å². The van der Waals surface area contributed by atoms with Crippen LogP contribution in [0.1, 0.15) is 12.5 Å². The zero-order valence-corrected chi connectivity index (χ0v) is 10.3. The van der Waals surface area contributed by atoms with Crippen molar-refractivity contribution in [2.45, 2.75) is 13.8 Å². The van der Waals surface area contributed by atoms with Crippen molar-refractivity contribution in [2.24, 2.45) is 0 Å². The lowest BCUT2D eigenvalue weighted by Gasteiger charge is -2.16. The number of carbonyl (C=O) groups excluding carboxylic acids is 1. The van der Waals surface area contributed by atoms with Gasteiger partial charge in [0.25, 0.3) is 0 Å². The number of carbonyl (C=O) groups is 1. The first-order valence-corrected chi connectivity index (χ1v) is 5.36. The molecule has 88 valence electrons. The highest BCUT2D eigenvalue weighted by Crippen LogP contribution is 2.20. The van der Waals surface area contributed by atoms with Gasteiger partial charge in [-0.25, -0.2) is 9.86 Å². The Balaban J connectivity index is 2.66. The van der Waals surface area contributed by atoms with Gasteiger partial charge < -0.3 is 5.32 Å². The summed E-state index contributed by atoms with van der Waals surface area (Å²) in [5, 5.41) is 4.44. The molecular formula is C11H15ClN2O2. The van der Waals surface area contributed by atoms with Crippen LogP contribution in [-0.4, -0.2) is 24.7 Å². The molecule has 0 saturated carbocycles. The molecule has 5 heteroatoms. The van der Waals surface area contributed by atoms with Crippen molar-refractivity contribution in [1.82, 2.24) is 5.06 Å². The average Bonchev–Trinajstić information content (AvgIpc) is 2.24. The lowest BCUT2D eigenvalue weighted by molar-refractivity contribution is -0.0879. The van der Waals surface area contributed by atoms with Gasteiger partial charge in [-0.05, 0) is 31.5 Å². The average molecular weight is 243 g/mol. The number of hydrogen-bond acceptors (Lipinski definition) is 2. The number of rotatable bonds is 3. The van der Waals surface area contributed by atoms with Crippen molar-refractivity contribution in [1.29, 1.82) is 0 Å². The van der Waals surface area contributed by atoms with Gasteiger partial charge in [0.1, 0.15) is 0 Å². The third-order valence-electron chi connectivity index (χ3n) is 2.03. The molecule has 0 aliphatic rings. The second-order valence-corrected chi connectivity index (χ2v) is 3.72. The summed E-state index contributed by atoms with van der Waals surface area (Å²) in [4.78, 5) is 16.6. The van der Waals surface area contributed by atoms with Gasteiger partial charge in [-0.1, -0.05) is 17.7 Å². The van der Waals surface area contributed by atoms with Crippen molar-refractivity contribution in [3.63, 3.8) is 0 Å². The van der Waals surface area contributed by atoms with Gasteiger partial charge in [0, 0.05) is 17.8 Å². The fraction of sp³-hybridized carbons (Fsp3) is 0.364. The van der Waals surface area contributed by atoms with Crippen molar-refractivity contribution < 1.29 is 9.63 Å². The highest BCUT2D eigenvalue weighted by molar-refractivity contribution is 6.31. The molecule has 0 fully saturated rings. The molecule has 1 N–H and O–H groups in total. The van der Waals surface area contributed by atoms with Gasteiger partial charge in [0.05, 0.1) is 6.61 Å². The van der Waals surface area contributed by atoms with Crippen LogP contribution in [-0.2, 0) is 4.84 Å². The number of hydroxylamine groups is 2. The summed E-state index contributed by atoms with van der Waals surface area (Å²) in [5.41, 5.74) is 1.62. The van der Waals surface area contributed by atoms with E-state index < -0.39 is 0 Å². The van der Waals surface area contributed by atoms with E-state index in [9.17, 15) is 4.79 Å². The lowest BCUT2D eigenvalue weighted by atomic mass is 10.2. The Hall–Kier alpha value is -1.26.